The van der Waals surface area contributed by atoms with E-state index in [1.165, 1.54) is 0 Å². The van der Waals surface area contributed by atoms with Crippen LogP contribution in [0.15, 0.2) is 53.6 Å². The molecule has 0 aromatic heterocycles. The highest BCUT2D eigenvalue weighted by molar-refractivity contribution is 6.30. The molecule has 23 heavy (non-hydrogen) atoms. The van der Waals surface area contributed by atoms with Crippen LogP contribution in [-0.2, 0) is 4.79 Å². The van der Waals surface area contributed by atoms with E-state index in [4.69, 9.17) is 11.6 Å². The zero-order valence-electron chi connectivity index (χ0n) is 13.1. The van der Waals surface area contributed by atoms with Crippen molar-refractivity contribution < 1.29 is 4.79 Å². The summed E-state index contributed by atoms with van der Waals surface area (Å²) in [6.07, 6.45) is 1.61. The van der Waals surface area contributed by atoms with Crippen molar-refractivity contribution in [3.05, 3.63) is 59.1 Å². The number of anilines is 2. The summed E-state index contributed by atoms with van der Waals surface area (Å²) in [6, 6.07) is 15.0. The fraction of sp³-hybridized carbons (Fsp3) is 0.176. The van der Waals surface area contributed by atoms with E-state index in [0.717, 1.165) is 16.9 Å². The molecule has 0 aliphatic rings. The van der Waals surface area contributed by atoms with Gasteiger partial charge in [-0.05, 0) is 42.0 Å². The normalized spacial score (nSPS) is 10.6. The fourth-order valence-corrected chi connectivity index (χ4v) is 1.95. The van der Waals surface area contributed by atoms with Crippen LogP contribution in [0.5, 0.6) is 0 Å². The summed E-state index contributed by atoms with van der Waals surface area (Å²) >= 11 is 5.80. The molecule has 120 valence electrons. The third-order valence-corrected chi connectivity index (χ3v) is 3.36. The smallest absolute Gasteiger partial charge is 0.259 e. The zero-order valence-corrected chi connectivity index (χ0v) is 13.8. The SMILES string of the molecule is CN(C)c1ccc(/C=N\NC(=O)CNc2ccc(Cl)cc2)cc1. The maximum Gasteiger partial charge on any atom is 0.259 e. The molecule has 0 fully saturated rings. The van der Waals surface area contributed by atoms with Gasteiger partial charge in [-0.15, -0.1) is 0 Å². The van der Waals surface area contributed by atoms with Crippen LogP contribution in [-0.4, -0.2) is 32.8 Å². The number of hydrazone groups is 1. The Morgan fingerprint density at radius 3 is 2.39 bits per heavy atom. The molecule has 1 amide bonds. The molecule has 0 radical (unpaired) electrons. The molecule has 6 heteroatoms. The first-order valence-corrected chi connectivity index (χ1v) is 7.51. The standard InChI is InChI=1S/C17H19ClN4O/c1-22(2)16-9-3-13(4-10-16)11-20-21-17(23)12-19-15-7-5-14(18)6-8-15/h3-11,19H,12H2,1-2H3,(H,21,23)/b20-11-. The monoisotopic (exact) mass is 330 g/mol. The highest BCUT2D eigenvalue weighted by atomic mass is 35.5. The first kappa shape index (κ1) is 16.8. The van der Waals surface area contributed by atoms with Crippen LogP contribution >= 0.6 is 11.6 Å². The Kier molecular flexibility index (Phi) is 6.00. The maximum atomic E-state index is 11.7. The highest BCUT2D eigenvalue weighted by Gasteiger charge is 1.99. The number of benzene rings is 2. The van der Waals surface area contributed by atoms with Gasteiger partial charge in [0.05, 0.1) is 12.8 Å². The molecule has 0 heterocycles. The highest BCUT2D eigenvalue weighted by Crippen LogP contribution is 2.13. The second-order valence-electron chi connectivity index (χ2n) is 5.14. The molecule has 2 aromatic rings. The molecule has 2 N–H and O–H groups in total. The van der Waals surface area contributed by atoms with Crippen LogP contribution in [0.25, 0.3) is 0 Å². The Hall–Kier alpha value is -2.53. The van der Waals surface area contributed by atoms with Gasteiger partial charge in [-0.3, -0.25) is 4.79 Å². The van der Waals surface area contributed by atoms with Gasteiger partial charge in [0.25, 0.3) is 5.91 Å². The van der Waals surface area contributed by atoms with Crippen molar-refractivity contribution in [3.63, 3.8) is 0 Å². The van der Waals surface area contributed by atoms with Crippen LogP contribution in [0.4, 0.5) is 11.4 Å². The van der Waals surface area contributed by atoms with Crippen LogP contribution in [0.1, 0.15) is 5.56 Å². The van der Waals surface area contributed by atoms with E-state index >= 15 is 0 Å². The summed E-state index contributed by atoms with van der Waals surface area (Å²) < 4.78 is 0. The quantitative estimate of drug-likeness (QED) is 0.632. The lowest BCUT2D eigenvalue weighted by atomic mass is 10.2. The molecule has 2 rings (SSSR count). The Morgan fingerprint density at radius 2 is 1.78 bits per heavy atom. The maximum absolute atomic E-state index is 11.7. The van der Waals surface area contributed by atoms with E-state index in [0.29, 0.717) is 5.02 Å². The summed E-state index contributed by atoms with van der Waals surface area (Å²) in [7, 11) is 3.97. The van der Waals surface area contributed by atoms with Gasteiger partial charge < -0.3 is 10.2 Å². The number of nitrogens with one attached hydrogen (secondary N) is 2. The minimum absolute atomic E-state index is 0.137. The average Bonchev–Trinajstić information content (AvgIpc) is 2.55. The number of halogens is 1. The number of amides is 1. The minimum Gasteiger partial charge on any atom is -0.378 e. The number of carbonyl (C=O) groups is 1. The van der Waals surface area contributed by atoms with Gasteiger partial charge >= 0.3 is 0 Å². The van der Waals surface area contributed by atoms with Crippen molar-refractivity contribution in [3.8, 4) is 0 Å². The predicted molar refractivity (Wildman–Crippen MR) is 96.4 cm³/mol. The lowest BCUT2D eigenvalue weighted by Gasteiger charge is -2.11. The molecule has 0 spiro atoms. The second kappa shape index (κ2) is 8.19. The van der Waals surface area contributed by atoms with Gasteiger partial charge in [-0.1, -0.05) is 23.7 Å². The van der Waals surface area contributed by atoms with Crippen molar-refractivity contribution in [1.82, 2.24) is 5.43 Å². The fourth-order valence-electron chi connectivity index (χ4n) is 1.83. The van der Waals surface area contributed by atoms with Crippen molar-refractivity contribution in [2.75, 3.05) is 30.9 Å². The molecular weight excluding hydrogens is 312 g/mol. The van der Waals surface area contributed by atoms with E-state index in [1.807, 2.05) is 55.4 Å². The van der Waals surface area contributed by atoms with Gasteiger partial charge in [0, 0.05) is 30.5 Å². The number of rotatable bonds is 6. The lowest BCUT2D eigenvalue weighted by Crippen LogP contribution is -2.25. The molecular formula is C17H19ClN4O. The number of carbonyl (C=O) groups excluding carboxylic acids is 1. The number of hydrogen-bond acceptors (Lipinski definition) is 4. The van der Waals surface area contributed by atoms with Gasteiger partial charge in [0.15, 0.2) is 0 Å². The summed E-state index contributed by atoms with van der Waals surface area (Å²) in [6.45, 7) is 0.137. The Labute approximate surface area is 141 Å². The molecule has 2 aromatic carbocycles. The van der Waals surface area contributed by atoms with E-state index in [9.17, 15) is 4.79 Å². The van der Waals surface area contributed by atoms with Crippen LogP contribution < -0.4 is 15.6 Å². The van der Waals surface area contributed by atoms with E-state index in [2.05, 4.69) is 15.8 Å². The second-order valence-corrected chi connectivity index (χ2v) is 5.58. The van der Waals surface area contributed by atoms with Crippen LogP contribution in [0, 0.1) is 0 Å². The topological polar surface area (TPSA) is 56.7 Å². The van der Waals surface area contributed by atoms with Gasteiger partial charge in [0.1, 0.15) is 0 Å². The molecule has 0 bridgehead atoms. The van der Waals surface area contributed by atoms with E-state index in [1.54, 1.807) is 18.3 Å². The Morgan fingerprint density at radius 1 is 1.13 bits per heavy atom. The van der Waals surface area contributed by atoms with Gasteiger partial charge in [-0.2, -0.15) is 5.10 Å². The lowest BCUT2D eigenvalue weighted by molar-refractivity contribution is -0.119. The van der Waals surface area contributed by atoms with Gasteiger partial charge in [0.2, 0.25) is 0 Å². The van der Waals surface area contributed by atoms with Crippen molar-refractivity contribution >= 4 is 35.1 Å². The number of nitrogens with zero attached hydrogens (tertiary/aromatic N) is 2. The summed E-state index contributed by atoms with van der Waals surface area (Å²) in [5, 5.41) is 7.59. The first-order chi connectivity index (χ1) is 11.0. The zero-order chi connectivity index (χ0) is 16.7. The predicted octanol–water partition coefficient (Wildman–Crippen LogP) is 2.97. The van der Waals surface area contributed by atoms with Crippen LogP contribution in [0.2, 0.25) is 5.02 Å². The van der Waals surface area contributed by atoms with Crippen molar-refractivity contribution in [2.45, 2.75) is 0 Å². The van der Waals surface area contributed by atoms with E-state index in [-0.39, 0.29) is 12.5 Å². The molecule has 0 unspecified atom stereocenters. The van der Waals surface area contributed by atoms with Crippen LogP contribution in [0.3, 0.4) is 0 Å². The first-order valence-electron chi connectivity index (χ1n) is 7.13. The average molecular weight is 331 g/mol. The molecule has 5 nitrogen and oxygen atoms in total. The third kappa shape index (κ3) is 5.64. The van der Waals surface area contributed by atoms with Crippen molar-refractivity contribution in [2.24, 2.45) is 5.10 Å². The summed E-state index contributed by atoms with van der Waals surface area (Å²) in [5.74, 6) is -0.221. The van der Waals surface area contributed by atoms with Crippen molar-refractivity contribution in [1.29, 1.82) is 0 Å². The Balaban J connectivity index is 1.78. The summed E-state index contributed by atoms with van der Waals surface area (Å²) in [4.78, 5) is 13.7. The van der Waals surface area contributed by atoms with Gasteiger partial charge in [-0.25, -0.2) is 5.43 Å². The molecule has 0 saturated heterocycles. The molecule has 0 saturated carbocycles. The third-order valence-electron chi connectivity index (χ3n) is 3.11. The van der Waals surface area contributed by atoms with E-state index < -0.39 is 0 Å². The number of hydrogen-bond donors (Lipinski definition) is 2. The summed E-state index contributed by atoms with van der Waals surface area (Å²) in [5.41, 5.74) is 5.34. The molecule has 0 aliphatic heterocycles. The minimum atomic E-state index is -0.221. The Bertz CT molecular complexity index is 666. The largest absolute Gasteiger partial charge is 0.378 e. The molecule has 0 aliphatic carbocycles. The molecule has 0 atom stereocenters.